The van der Waals surface area contributed by atoms with E-state index in [-0.39, 0.29) is 11.4 Å². The van der Waals surface area contributed by atoms with E-state index in [1.165, 1.54) is 0 Å². The number of rotatable bonds is 2. The summed E-state index contributed by atoms with van der Waals surface area (Å²) >= 11 is 0. The molecule has 1 aromatic heterocycles. The van der Waals surface area contributed by atoms with Crippen molar-refractivity contribution in [2.45, 2.75) is 13.8 Å². The summed E-state index contributed by atoms with van der Waals surface area (Å²) in [5.74, 6) is -0.371. The van der Waals surface area contributed by atoms with E-state index in [0.29, 0.717) is 5.52 Å². The molecule has 4 nitrogen and oxygen atoms in total. The van der Waals surface area contributed by atoms with Crippen molar-refractivity contribution in [3.05, 3.63) is 59.3 Å². The lowest BCUT2D eigenvalue weighted by molar-refractivity contribution is 0.0995. The number of nitrogens with two attached hydrogens (primary N) is 1. The number of amides is 1. The molecule has 0 saturated heterocycles. The van der Waals surface area contributed by atoms with Gasteiger partial charge in [-0.2, -0.15) is 0 Å². The van der Waals surface area contributed by atoms with Gasteiger partial charge in [0.25, 0.3) is 5.91 Å². The molecule has 110 valence electrons. The molecule has 0 saturated carbocycles. The molecule has 0 radical (unpaired) electrons. The number of pyridine rings is 1. The third-order valence-electron chi connectivity index (χ3n) is 3.86. The number of aryl methyl sites for hydroxylation is 1. The van der Waals surface area contributed by atoms with Gasteiger partial charge in [-0.25, -0.2) is 4.98 Å². The zero-order chi connectivity index (χ0) is 15.9. The van der Waals surface area contributed by atoms with E-state index in [9.17, 15) is 9.90 Å². The second kappa shape index (κ2) is 5.15. The minimum atomic E-state index is -0.553. The van der Waals surface area contributed by atoms with Crippen molar-refractivity contribution in [3.63, 3.8) is 0 Å². The Hall–Kier alpha value is -2.88. The molecule has 0 aliphatic heterocycles. The Balaban J connectivity index is 2.48. The van der Waals surface area contributed by atoms with Crippen LogP contribution in [0.3, 0.4) is 0 Å². The topological polar surface area (TPSA) is 76.2 Å². The maximum atomic E-state index is 11.7. The van der Waals surface area contributed by atoms with Crippen molar-refractivity contribution in [1.82, 2.24) is 4.98 Å². The SMILES string of the molecule is Cc1ccc(O)cc1-c1c(C)c(C(N)=O)nc2ccccc12. The van der Waals surface area contributed by atoms with Gasteiger partial charge >= 0.3 is 0 Å². The molecule has 0 aliphatic rings. The minimum Gasteiger partial charge on any atom is -0.508 e. The molecule has 2 aromatic carbocycles. The summed E-state index contributed by atoms with van der Waals surface area (Å²) in [5, 5.41) is 10.8. The maximum absolute atomic E-state index is 11.7. The molecule has 0 unspecified atom stereocenters. The molecule has 3 rings (SSSR count). The highest BCUT2D eigenvalue weighted by Crippen LogP contribution is 2.36. The van der Waals surface area contributed by atoms with Gasteiger partial charge in [-0.05, 0) is 54.3 Å². The minimum absolute atomic E-state index is 0.182. The zero-order valence-corrected chi connectivity index (χ0v) is 12.4. The average molecular weight is 292 g/mol. The molecule has 3 N–H and O–H groups in total. The first-order valence-corrected chi connectivity index (χ1v) is 6.98. The highest BCUT2D eigenvalue weighted by atomic mass is 16.3. The van der Waals surface area contributed by atoms with Crippen LogP contribution in [-0.2, 0) is 0 Å². The molecule has 4 heteroatoms. The quantitative estimate of drug-likeness (QED) is 0.760. The molecular weight excluding hydrogens is 276 g/mol. The number of primary amides is 1. The van der Waals surface area contributed by atoms with Crippen molar-refractivity contribution < 1.29 is 9.90 Å². The molecule has 0 aliphatic carbocycles. The van der Waals surface area contributed by atoms with Crippen molar-refractivity contribution in [1.29, 1.82) is 0 Å². The molecule has 0 bridgehead atoms. The predicted octanol–water partition coefficient (Wildman–Crippen LogP) is 3.32. The van der Waals surface area contributed by atoms with Gasteiger partial charge in [0.15, 0.2) is 0 Å². The smallest absolute Gasteiger partial charge is 0.267 e. The molecule has 1 amide bonds. The molecule has 0 fully saturated rings. The Labute approximate surface area is 128 Å². The number of nitrogens with zero attached hydrogens (tertiary/aromatic N) is 1. The lowest BCUT2D eigenvalue weighted by Gasteiger charge is -2.15. The summed E-state index contributed by atoms with van der Waals surface area (Å²) in [7, 11) is 0. The number of phenolic OH excluding ortho intramolecular Hbond substituents is 1. The number of para-hydroxylation sites is 1. The monoisotopic (exact) mass is 292 g/mol. The Morgan fingerprint density at radius 2 is 1.86 bits per heavy atom. The van der Waals surface area contributed by atoms with Crippen LogP contribution < -0.4 is 5.73 Å². The third kappa shape index (κ3) is 2.19. The van der Waals surface area contributed by atoms with Gasteiger partial charge in [0.2, 0.25) is 0 Å². The van der Waals surface area contributed by atoms with Crippen LogP contribution in [0.1, 0.15) is 21.6 Å². The Morgan fingerprint density at radius 1 is 1.14 bits per heavy atom. The number of phenols is 1. The summed E-state index contributed by atoms with van der Waals surface area (Å²) in [6.07, 6.45) is 0. The van der Waals surface area contributed by atoms with Crippen molar-refractivity contribution >= 4 is 16.8 Å². The molecule has 22 heavy (non-hydrogen) atoms. The van der Waals surface area contributed by atoms with Gasteiger partial charge in [0, 0.05) is 5.39 Å². The van der Waals surface area contributed by atoms with E-state index in [2.05, 4.69) is 4.98 Å². The molecular formula is C18H16N2O2. The highest BCUT2D eigenvalue weighted by molar-refractivity contribution is 6.03. The number of hydrogen-bond acceptors (Lipinski definition) is 3. The molecule has 0 atom stereocenters. The van der Waals surface area contributed by atoms with E-state index in [1.54, 1.807) is 12.1 Å². The van der Waals surface area contributed by atoms with Crippen LogP contribution in [0.2, 0.25) is 0 Å². The van der Waals surface area contributed by atoms with E-state index in [0.717, 1.165) is 27.6 Å². The van der Waals surface area contributed by atoms with Crippen LogP contribution in [-0.4, -0.2) is 16.0 Å². The van der Waals surface area contributed by atoms with Crippen molar-refractivity contribution in [2.24, 2.45) is 5.73 Å². The highest BCUT2D eigenvalue weighted by Gasteiger charge is 2.17. The fourth-order valence-electron chi connectivity index (χ4n) is 2.77. The van der Waals surface area contributed by atoms with Gasteiger partial charge < -0.3 is 10.8 Å². The lowest BCUT2D eigenvalue weighted by Crippen LogP contribution is -2.15. The average Bonchev–Trinajstić information content (AvgIpc) is 2.49. The maximum Gasteiger partial charge on any atom is 0.267 e. The van der Waals surface area contributed by atoms with Gasteiger partial charge in [-0.1, -0.05) is 24.3 Å². The summed E-state index contributed by atoms with van der Waals surface area (Å²) in [6.45, 7) is 3.80. The number of carbonyl (C=O) groups excluding carboxylic acids is 1. The fraction of sp³-hybridized carbons (Fsp3) is 0.111. The second-order valence-electron chi connectivity index (χ2n) is 5.34. The molecule has 3 aromatic rings. The van der Waals surface area contributed by atoms with Gasteiger partial charge in [0.1, 0.15) is 11.4 Å². The van der Waals surface area contributed by atoms with Crippen LogP contribution in [0.4, 0.5) is 0 Å². The first-order valence-electron chi connectivity index (χ1n) is 6.98. The van der Waals surface area contributed by atoms with Crippen molar-refractivity contribution in [3.8, 4) is 16.9 Å². The molecule has 0 spiro atoms. The third-order valence-corrected chi connectivity index (χ3v) is 3.86. The zero-order valence-electron chi connectivity index (χ0n) is 12.4. The summed E-state index contributed by atoms with van der Waals surface area (Å²) < 4.78 is 0. The van der Waals surface area contributed by atoms with Gasteiger partial charge in [-0.15, -0.1) is 0 Å². The van der Waals surface area contributed by atoms with E-state index >= 15 is 0 Å². The van der Waals surface area contributed by atoms with Crippen LogP contribution in [0.25, 0.3) is 22.0 Å². The normalized spacial score (nSPS) is 10.8. The Morgan fingerprint density at radius 3 is 2.59 bits per heavy atom. The first-order chi connectivity index (χ1) is 10.5. The number of aromatic hydroxyl groups is 1. The fourth-order valence-corrected chi connectivity index (χ4v) is 2.77. The second-order valence-corrected chi connectivity index (χ2v) is 5.34. The Kier molecular flexibility index (Phi) is 3.29. The molecule has 1 heterocycles. The summed E-state index contributed by atoms with van der Waals surface area (Å²) in [6, 6.07) is 12.8. The number of fused-ring (bicyclic) bond motifs is 1. The van der Waals surface area contributed by atoms with Crippen LogP contribution in [0, 0.1) is 13.8 Å². The van der Waals surface area contributed by atoms with Crippen LogP contribution in [0.5, 0.6) is 5.75 Å². The van der Waals surface area contributed by atoms with Crippen LogP contribution in [0.15, 0.2) is 42.5 Å². The standard InChI is InChI=1S/C18H16N2O2/c1-10-7-8-12(21)9-14(10)16-11(2)17(18(19)22)20-15-6-4-3-5-13(15)16/h3-9,21H,1-2H3,(H2,19,22). The number of aromatic nitrogens is 1. The van der Waals surface area contributed by atoms with Gasteiger partial charge in [0.05, 0.1) is 5.52 Å². The Bertz CT molecular complexity index is 901. The van der Waals surface area contributed by atoms with Crippen molar-refractivity contribution in [2.75, 3.05) is 0 Å². The van der Waals surface area contributed by atoms with E-state index in [1.807, 2.05) is 44.2 Å². The summed E-state index contributed by atoms with van der Waals surface area (Å²) in [5.41, 5.74) is 9.92. The summed E-state index contributed by atoms with van der Waals surface area (Å²) in [4.78, 5) is 16.1. The van der Waals surface area contributed by atoms with E-state index in [4.69, 9.17) is 5.73 Å². The number of carbonyl (C=O) groups is 1. The number of hydrogen-bond donors (Lipinski definition) is 2. The van der Waals surface area contributed by atoms with Crippen LogP contribution >= 0.6 is 0 Å². The number of benzene rings is 2. The predicted molar refractivity (Wildman–Crippen MR) is 86.8 cm³/mol. The first kappa shape index (κ1) is 14.1. The van der Waals surface area contributed by atoms with Gasteiger partial charge in [-0.3, -0.25) is 4.79 Å². The lowest BCUT2D eigenvalue weighted by atomic mass is 9.92. The largest absolute Gasteiger partial charge is 0.508 e. The van der Waals surface area contributed by atoms with E-state index < -0.39 is 5.91 Å².